The molecule has 4 heteroatoms. The molecule has 0 aromatic rings. The average Bonchev–Trinajstić information content (AvgIpc) is 2.09. The van der Waals surface area contributed by atoms with Gasteiger partial charge in [-0.15, -0.1) is 0 Å². The van der Waals surface area contributed by atoms with Crippen molar-refractivity contribution in [2.24, 2.45) is 11.8 Å². The third-order valence-electron chi connectivity index (χ3n) is 3.74. The van der Waals surface area contributed by atoms with Crippen molar-refractivity contribution >= 4 is 0 Å². The standard InChI is InChI=1S/C12H22F3N/c1-8-5-4-6-11(10(8)3)16-9(2)7-12(13,14)15/h8-11,16H,4-7H2,1-3H3. The zero-order valence-electron chi connectivity index (χ0n) is 10.3. The van der Waals surface area contributed by atoms with Gasteiger partial charge >= 0.3 is 6.18 Å². The van der Waals surface area contributed by atoms with Gasteiger partial charge in [0.05, 0.1) is 6.42 Å². The maximum Gasteiger partial charge on any atom is 0.390 e. The Balaban J connectivity index is 2.41. The Bertz CT molecular complexity index is 215. The highest BCUT2D eigenvalue weighted by Crippen LogP contribution is 2.30. The lowest BCUT2D eigenvalue weighted by molar-refractivity contribution is -0.139. The second-order valence-electron chi connectivity index (χ2n) is 5.26. The highest BCUT2D eigenvalue weighted by Gasteiger charge is 2.33. The molecule has 1 rings (SSSR count). The van der Waals surface area contributed by atoms with E-state index in [1.54, 1.807) is 6.92 Å². The van der Waals surface area contributed by atoms with E-state index in [0.29, 0.717) is 11.8 Å². The number of rotatable bonds is 3. The van der Waals surface area contributed by atoms with E-state index in [0.717, 1.165) is 12.8 Å². The summed E-state index contributed by atoms with van der Waals surface area (Å²) in [5.41, 5.74) is 0. The fourth-order valence-electron chi connectivity index (χ4n) is 2.59. The first-order valence-corrected chi connectivity index (χ1v) is 6.12. The number of alkyl halides is 3. The van der Waals surface area contributed by atoms with Crippen LogP contribution in [0.3, 0.4) is 0 Å². The van der Waals surface area contributed by atoms with Crippen molar-refractivity contribution in [1.82, 2.24) is 5.32 Å². The van der Waals surface area contributed by atoms with Crippen LogP contribution in [0.1, 0.15) is 46.5 Å². The number of hydrogen-bond donors (Lipinski definition) is 1. The molecular weight excluding hydrogens is 215 g/mol. The van der Waals surface area contributed by atoms with Crippen LogP contribution in [0.5, 0.6) is 0 Å². The number of nitrogens with one attached hydrogen (secondary N) is 1. The smallest absolute Gasteiger partial charge is 0.311 e. The highest BCUT2D eigenvalue weighted by atomic mass is 19.4. The van der Waals surface area contributed by atoms with Crippen molar-refractivity contribution in [3.05, 3.63) is 0 Å². The SMILES string of the molecule is CC(CC(F)(F)F)NC1CCCC(C)C1C. The molecular formula is C12H22F3N. The van der Waals surface area contributed by atoms with Gasteiger partial charge in [-0.05, 0) is 25.2 Å². The van der Waals surface area contributed by atoms with Crippen molar-refractivity contribution in [2.75, 3.05) is 0 Å². The van der Waals surface area contributed by atoms with Crippen molar-refractivity contribution < 1.29 is 13.2 Å². The minimum Gasteiger partial charge on any atom is -0.311 e. The first kappa shape index (κ1) is 13.8. The molecule has 4 unspecified atom stereocenters. The number of hydrogen-bond acceptors (Lipinski definition) is 1. The van der Waals surface area contributed by atoms with Crippen molar-refractivity contribution in [3.63, 3.8) is 0 Å². The summed E-state index contributed by atoms with van der Waals surface area (Å²) >= 11 is 0. The third-order valence-corrected chi connectivity index (χ3v) is 3.74. The third kappa shape index (κ3) is 4.32. The largest absolute Gasteiger partial charge is 0.390 e. The molecule has 1 fully saturated rings. The monoisotopic (exact) mass is 237 g/mol. The summed E-state index contributed by atoms with van der Waals surface area (Å²) in [6.07, 6.45) is -1.46. The van der Waals surface area contributed by atoms with Crippen LogP contribution in [-0.2, 0) is 0 Å². The summed E-state index contributed by atoms with van der Waals surface area (Å²) in [5.74, 6) is 1.09. The molecule has 1 saturated carbocycles. The van der Waals surface area contributed by atoms with Gasteiger partial charge in [0.15, 0.2) is 0 Å². The van der Waals surface area contributed by atoms with Gasteiger partial charge in [-0.3, -0.25) is 0 Å². The molecule has 1 aliphatic rings. The van der Waals surface area contributed by atoms with Crippen LogP contribution in [0.15, 0.2) is 0 Å². The Morgan fingerprint density at radius 2 is 1.88 bits per heavy atom. The molecule has 96 valence electrons. The summed E-state index contributed by atoms with van der Waals surface area (Å²) < 4.78 is 36.6. The molecule has 0 aliphatic heterocycles. The van der Waals surface area contributed by atoms with Gasteiger partial charge in [-0.2, -0.15) is 13.2 Å². The zero-order valence-corrected chi connectivity index (χ0v) is 10.3. The van der Waals surface area contributed by atoms with Crippen LogP contribution in [0.25, 0.3) is 0 Å². The Kier molecular flexibility index (Phi) is 4.65. The second-order valence-corrected chi connectivity index (χ2v) is 5.26. The summed E-state index contributed by atoms with van der Waals surface area (Å²) in [6.45, 7) is 5.95. The van der Waals surface area contributed by atoms with Gasteiger partial charge in [-0.1, -0.05) is 26.7 Å². The zero-order chi connectivity index (χ0) is 12.3. The lowest BCUT2D eigenvalue weighted by atomic mass is 9.78. The Morgan fingerprint density at radius 3 is 2.44 bits per heavy atom. The molecule has 0 spiro atoms. The topological polar surface area (TPSA) is 12.0 Å². The summed E-state index contributed by atoms with van der Waals surface area (Å²) in [5, 5.41) is 3.14. The van der Waals surface area contributed by atoms with Gasteiger partial charge in [0.25, 0.3) is 0 Å². The molecule has 0 aromatic carbocycles. The predicted octanol–water partition coefficient (Wildman–Crippen LogP) is 3.74. The van der Waals surface area contributed by atoms with Crippen LogP contribution >= 0.6 is 0 Å². The molecule has 1 nitrogen and oxygen atoms in total. The van der Waals surface area contributed by atoms with E-state index in [2.05, 4.69) is 19.2 Å². The normalized spacial score (nSPS) is 33.8. The first-order chi connectivity index (χ1) is 7.29. The molecule has 0 amide bonds. The average molecular weight is 237 g/mol. The minimum absolute atomic E-state index is 0.251. The van der Waals surface area contributed by atoms with E-state index in [4.69, 9.17) is 0 Å². The van der Waals surface area contributed by atoms with Gasteiger partial charge in [0.2, 0.25) is 0 Å². The van der Waals surface area contributed by atoms with Crippen molar-refractivity contribution in [2.45, 2.75) is 64.7 Å². The van der Waals surface area contributed by atoms with Gasteiger partial charge in [0, 0.05) is 12.1 Å². The Labute approximate surface area is 95.8 Å². The minimum atomic E-state index is -4.06. The van der Waals surface area contributed by atoms with E-state index < -0.39 is 18.6 Å². The molecule has 1 N–H and O–H groups in total. The molecule has 16 heavy (non-hydrogen) atoms. The molecule has 4 atom stereocenters. The summed E-state index contributed by atoms with van der Waals surface area (Å²) in [6, 6.07) is -0.223. The molecule has 0 bridgehead atoms. The van der Waals surface area contributed by atoms with E-state index in [1.807, 2.05) is 0 Å². The van der Waals surface area contributed by atoms with Gasteiger partial charge < -0.3 is 5.32 Å². The van der Waals surface area contributed by atoms with E-state index in [1.165, 1.54) is 6.42 Å². The van der Waals surface area contributed by atoms with Crippen LogP contribution < -0.4 is 5.32 Å². The quantitative estimate of drug-likeness (QED) is 0.788. The predicted molar refractivity (Wildman–Crippen MR) is 59.2 cm³/mol. The Morgan fingerprint density at radius 1 is 1.25 bits per heavy atom. The molecule has 0 aromatic heterocycles. The van der Waals surface area contributed by atoms with E-state index in [9.17, 15) is 13.2 Å². The van der Waals surface area contributed by atoms with Crippen molar-refractivity contribution in [3.8, 4) is 0 Å². The second kappa shape index (κ2) is 5.39. The number of halogens is 3. The van der Waals surface area contributed by atoms with Crippen LogP contribution in [0.2, 0.25) is 0 Å². The van der Waals surface area contributed by atoms with Crippen LogP contribution in [0, 0.1) is 11.8 Å². The van der Waals surface area contributed by atoms with Crippen LogP contribution in [-0.4, -0.2) is 18.3 Å². The summed E-state index contributed by atoms with van der Waals surface area (Å²) in [7, 11) is 0. The lowest BCUT2D eigenvalue weighted by Crippen LogP contribution is -2.46. The summed E-state index contributed by atoms with van der Waals surface area (Å²) in [4.78, 5) is 0. The highest BCUT2D eigenvalue weighted by molar-refractivity contribution is 4.84. The Hall–Kier alpha value is -0.250. The van der Waals surface area contributed by atoms with E-state index >= 15 is 0 Å². The maximum absolute atomic E-state index is 12.2. The fourth-order valence-corrected chi connectivity index (χ4v) is 2.59. The molecule has 0 saturated heterocycles. The molecule has 0 radical (unpaired) electrons. The van der Waals surface area contributed by atoms with Crippen molar-refractivity contribution in [1.29, 1.82) is 0 Å². The van der Waals surface area contributed by atoms with Crippen LogP contribution in [0.4, 0.5) is 13.2 Å². The molecule has 1 aliphatic carbocycles. The fraction of sp³-hybridized carbons (Fsp3) is 1.00. The molecule has 0 heterocycles. The van der Waals surface area contributed by atoms with Gasteiger partial charge in [-0.25, -0.2) is 0 Å². The maximum atomic E-state index is 12.2. The lowest BCUT2D eigenvalue weighted by Gasteiger charge is -2.36. The van der Waals surface area contributed by atoms with Gasteiger partial charge in [0.1, 0.15) is 0 Å². The van der Waals surface area contributed by atoms with E-state index in [-0.39, 0.29) is 6.04 Å². The first-order valence-electron chi connectivity index (χ1n) is 6.12.